The quantitative estimate of drug-likeness (QED) is 0.426. The van der Waals surface area contributed by atoms with E-state index >= 15 is 0 Å². The highest BCUT2D eigenvalue weighted by atomic mass is 16.6. The van der Waals surface area contributed by atoms with Gasteiger partial charge in [0.1, 0.15) is 12.6 Å². The zero-order valence-corrected chi connectivity index (χ0v) is 12.2. The van der Waals surface area contributed by atoms with Crippen LogP contribution < -0.4 is 5.73 Å². The van der Waals surface area contributed by atoms with E-state index in [1.54, 1.807) is 0 Å². The number of ether oxygens (including phenoxy) is 1. The Kier molecular flexibility index (Phi) is 5.16. The molecule has 0 aliphatic heterocycles. The number of nitro groups is 2. The Balaban J connectivity index is 2.03. The third-order valence-corrected chi connectivity index (χ3v) is 3.06. The third kappa shape index (κ3) is 4.33. The lowest BCUT2D eigenvalue weighted by molar-refractivity contribution is -0.394. The van der Waals surface area contributed by atoms with E-state index in [2.05, 4.69) is 9.97 Å². The molecule has 0 radical (unpaired) electrons. The summed E-state index contributed by atoms with van der Waals surface area (Å²) in [6, 6.07) is 2.07. The third-order valence-electron chi connectivity index (χ3n) is 3.06. The molecule has 24 heavy (non-hydrogen) atoms. The van der Waals surface area contributed by atoms with Crippen LogP contribution in [0.1, 0.15) is 11.3 Å². The van der Waals surface area contributed by atoms with E-state index in [0.29, 0.717) is 5.69 Å². The Morgan fingerprint density at radius 1 is 1.25 bits per heavy atom. The van der Waals surface area contributed by atoms with E-state index < -0.39 is 33.2 Å². The molecule has 11 heteroatoms. The van der Waals surface area contributed by atoms with Crippen molar-refractivity contribution in [3.63, 3.8) is 0 Å². The lowest BCUT2D eigenvalue weighted by Crippen LogP contribution is -2.34. The van der Waals surface area contributed by atoms with Crippen molar-refractivity contribution in [1.29, 1.82) is 0 Å². The summed E-state index contributed by atoms with van der Waals surface area (Å²) >= 11 is 0. The van der Waals surface area contributed by atoms with Crippen molar-refractivity contribution in [3.8, 4) is 0 Å². The summed E-state index contributed by atoms with van der Waals surface area (Å²) in [6.45, 7) is -0.363. The number of esters is 1. The van der Waals surface area contributed by atoms with Crippen LogP contribution in [0.25, 0.3) is 0 Å². The first-order valence-electron chi connectivity index (χ1n) is 6.69. The van der Waals surface area contributed by atoms with Gasteiger partial charge in [-0.2, -0.15) is 0 Å². The molecule has 126 valence electrons. The fraction of sp³-hybridized carbons (Fsp3) is 0.231. The van der Waals surface area contributed by atoms with Crippen LogP contribution in [0.2, 0.25) is 0 Å². The van der Waals surface area contributed by atoms with E-state index in [9.17, 15) is 25.0 Å². The molecule has 0 aliphatic carbocycles. The minimum absolute atomic E-state index is 0.123. The number of carbonyl (C=O) groups excluding carboxylic acids is 1. The van der Waals surface area contributed by atoms with Crippen molar-refractivity contribution in [2.45, 2.75) is 19.1 Å². The molecular weight excluding hydrogens is 322 g/mol. The summed E-state index contributed by atoms with van der Waals surface area (Å²) in [6.07, 6.45) is 3.13. The van der Waals surface area contributed by atoms with Gasteiger partial charge in [-0.1, -0.05) is 0 Å². The molecule has 3 N–H and O–H groups in total. The number of nitrogens with one attached hydrogen (secondary N) is 1. The number of rotatable bonds is 7. The SMILES string of the molecule is N[C@@H](Cc1cnc[nH]1)C(=O)OCc1cc([N+](=O)[O-])cc([N+](=O)[O-])c1. The summed E-state index contributed by atoms with van der Waals surface area (Å²) in [5.41, 5.74) is 5.53. The summed E-state index contributed by atoms with van der Waals surface area (Å²) in [7, 11) is 0. The number of hydrogen-bond donors (Lipinski definition) is 2. The molecule has 1 aromatic heterocycles. The molecule has 0 saturated heterocycles. The van der Waals surface area contributed by atoms with Crippen LogP contribution in [0.4, 0.5) is 11.4 Å². The van der Waals surface area contributed by atoms with Gasteiger partial charge in [0, 0.05) is 36.0 Å². The maximum absolute atomic E-state index is 11.8. The molecule has 1 atom stereocenters. The summed E-state index contributed by atoms with van der Waals surface area (Å²) in [5.74, 6) is -0.737. The van der Waals surface area contributed by atoms with Gasteiger partial charge in [0.25, 0.3) is 11.4 Å². The first-order valence-corrected chi connectivity index (χ1v) is 6.69. The van der Waals surface area contributed by atoms with Gasteiger partial charge in [0.2, 0.25) is 0 Å². The molecule has 0 amide bonds. The summed E-state index contributed by atoms with van der Waals surface area (Å²) in [5, 5.41) is 21.6. The van der Waals surface area contributed by atoms with Gasteiger partial charge < -0.3 is 15.5 Å². The second kappa shape index (κ2) is 7.28. The van der Waals surface area contributed by atoms with Gasteiger partial charge in [-0.05, 0) is 0 Å². The second-order valence-corrected chi connectivity index (χ2v) is 4.87. The largest absolute Gasteiger partial charge is 0.460 e. The predicted octanol–water partition coefficient (Wildman–Crippen LogP) is 0.839. The van der Waals surface area contributed by atoms with Crippen LogP contribution in [0, 0.1) is 20.2 Å². The molecule has 2 aromatic rings. The van der Waals surface area contributed by atoms with E-state index in [1.807, 2.05) is 0 Å². The maximum atomic E-state index is 11.8. The molecular formula is C13H13N5O6. The van der Waals surface area contributed by atoms with Crippen molar-refractivity contribution in [3.05, 3.63) is 62.2 Å². The van der Waals surface area contributed by atoms with Crippen LogP contribution >= 0.6 is 0 Å². The van der Waals surface area contributed by atoms with Gasteiger partial charge in [-0.15, -0.1) is 0 Å². The van der Waals surface area contributed by atoms with E-state index in [1.165, 1.54) is 12.5 Å². The number of nitro benzene ring substituents is 2. The Labute approximate surface area is 134 Å². The number of nitrogens with zero attached hydrogens (tertiary/aromatic N) is 3. The number of hydrogen-bond acceptors (Lipinski definition) is 8. The van der Waals surface area contributed by atoms with Crippen LogP contribution in [0.3, 0.4) is 0 Å². The Hall–Kier alpha value is -3.34. The summed E-state index contributed by atoms with van der Waals surface area (Å²) in [4.78, 5) is 38.5. The number of aromatic amines is 1. The minimum atomic E-state index is -0.959. The van der Waals surface area contributed by atoms with Crippen molar-refractivity contribution in [1.82, 2.24) is 9.97 Å². The number of nitrogens with two attached hydrogens (primary N) is 1. The molecule has 0 aliphatic rings. The minimum Gasteiger partial charge on any atom is -0.460 e. The van der Waals surface area contributed by atoms with Crippen LogP contribution in [-0.2, 0) is 22.6 Å². The molecule has 1 aromatic carbocycles. The first-order chi connectivity index (χ1) is 11.4. The highest BCUT2D eigenvalue weighted by molar-refractivity contribution is 5.75. The molecule has 0 spiro atoms. The van der Waals surface area contributed by atoms with E-state index in [0.717, 1.165) is 18.2 Å². The Morgan fingerprint density at radius 2 is 1.88 bits per heavy atom. The fourth-order valence-electron chi connectivity index (χ4n) is 1.93. The van der Waals surface area contributed by atoms with Crippen molar-refractivity contribution < 1.29 is 19.4 Å². The van der Waals surface area contributed by atoms with Crippen LogP contribution in [-0.4, -0.2) is 31.8 Å². The first kappa shape index (κ1) is 17.0. The van der Waals surface area contributed by atoms with Crippen molar-refractivity contribution in [2.24, 2.45) is 5.73 Å². The zero-order chi connectivity index (χ0) is 17.7. The van der Waals surface area contributed by atoms with Gasteiger partial charge in [-0.3, -0.25) is 25.0 Å². The molecule has 0 bridgehead atoms. The molecule has 11 nitrogen and oxygen atoms in total. The van der Waals surface area contributed by atoms with Gasteiger partial charge >= 0.3 is 5.97 Å². The lowest BCUT2D eigenvalue weighted by atomic mass is 10.1. The van der Waals surface area contributed by atoms with Gasteiger partial charge in [-0.25, -0.2) is 4.98 Å². The standard InChI is InChI=1S/C13H13N5O6/c14-12(3-9-5-15-7-16-9)13(19)24-6-8-1-10(17(20)21)4-11(2-8)18(22)23/h1-2,4-5,7,12H,3,6,14H2,(H,15,16)/t12-/m0/s1. The van der Waals surface area contributed by atoms with Crippen LogP contribution in [0.5, 0.6) is 0 Å². The van der Waals surface area contributed by atoms with Gasteiger partial charge in [0.15, 0.2) is 0 Å². The number of non-ortho nitro benzene ring substituents is 2. The Bertz CT molecular complexity index is 728. The molecule has 0 saturated carbocycles. The maximum Gasteiger partial charge on any atom is 0.323 e. The highest BCUT2D eigenvalue weighted by Gasteiger charge is 2.19. The average molecular weight is 335 g/mol. The second-order valence-electron chi connectivity index (χ2n) is 4.87. The van der Waals surface area contributed by atoms with Crippen molar-refractivity contribution >= 4 is 17.3 Å². The topological polar surface area (TPSA) is 167 Å². The number of imidazole rings is 1. The average Bonchev–Trinajstić information content (AvgIpc) is 3.05. The molecule has 2 rings (SSSR count). The molecule has 0 fully saturated rings. The molecule has 0 unspecified atom stereocenters. The highest BCUT2D eigenvalue weighted by Crippen LogP contribution is 2.23. The van der Waals surface area contributed by atoms with E-state index in [4.69, 9.17) is 10.5 Å². The predicted molar refractivity (Wildman–Crippen MR) is 79.8 cm³/mol. The number of carbonyl (C=O) groups is 1. The molecule has 1 heterocycles. The monoisotopic (exact) mass is 335 g/mol. The van der Waals surface area contributed by atoms with E-state index in [-0.39, 0.29) is 18.6 Å². The number of aromatic nitrogens is 2. The zero-order valence-electron chi connectivity index (χ0n) is 12.2. The van der Waals surface area contributed by atoms with Crippen molar-refractivity contribution in [2.75, 3.05) is 0 Å². The Morgan fingerprint density at radius 3 is 2.38 bits per heavy atom. The summed E-state index contributed by atoms with van der Waals surface area (Å²) < 4.78 is 4.96. The number of benzene rings is 1. The lowest BCUT2D eigenvalue weighted by Gasteiger charge is -2.10. The van der Waals surface area contributed by atoms with Crippen LogP contribution in [0.15, 0.2) is 30.7 Å². The normalized spacial score (nSPS) is 11.7. The fourth-order valence-corrected chi connectivity index (χ4v) is 1.93. The van der Waals surface area contributed by atoms with Gasteiger partial charge in [0.05, 0.1) is 22.2 Å². The number of H-pyrrole nitrogens is 1. The smallest absolute Gasteiger partial charge is 0.323 e.